The van der Waals surface area contributed by atoms with Gasteiger partial charge in [-0.1, -0.05) is 6.07 Å². The van der Waals surface area contributed by atoms with E-state index in [1.807, 2.05) is 39.0 Å². The Morgan fingerprint density at radius 2 is 2.17 bits per heavy atom. The van der Waals surface area contributed by atoms with Crippen LogP contribution in [0.4, 0.5) is 5.69 Å². The Morgan fingerprint density at radius 1 is 1.44 bits per heavy atom. The lowest BCUT2D eigenvalue weighted by Gasteiger charge is -2.10. The maximum absolute atomic E-state index is 11.6. The molecule has 1 aromatic heterocycles. The molecule has 1 heterocycles. The summed E-state index contributed by atoms with van der Waals surface area (Å²) in [5, 5.41) is 7.14. The van der Waals surface area contributed by atoms with Gasteiger partial charge >= 0.3 is 5.69 Å². The highest BCUT2D eigenvalue weighted by atomic mass is 32.2. The van der Waals surface area contributed by atoms with Gasteiger partial charge in [0.1, 0.15) is 0 Å². The number of hydrogen-bond donors (Lipinski definition) is 2. The van der Waals surface area contributed by atoms with Crippen molar-refractivity contribution in [2.45, 2.75) is 36.9 Å². The zero-order valence-electron chi connectivity index (χ0n) is 10.6. The maximum Gasteiger partial charge on any atom is 0.344 e. The van der Waals surface area contributed by atoms with E-state index in [9.17, 15) is 4.79 Å². The van der Waals surface area contributed by atoms with Crippen LogP contribution in [0.25, 0.3) is 0 Å². The van der Waals surface area contributed by atoms with E-state index in [1.54, 1.807) is 4.57 Å². The second-order valence-electron chi connectivity index (χ2n) is 4.42. The molecule has 5 nitrogen and oxygen atoms in total. The van der Waals surface area contributed by atoms with E-state index in [0.29, 0.717) is 10.8 Å². The van der Waals surface area contributed by atoms with Gasteiger partial charge in [-0.15, -0.1) is 5.10 Å². The van der Waals surface area contributed by atoms with Crippen molar-refractivity contribution in [2.24, 2.45) is 0 Å². The second kappa shape index (κ2) is 4.89. The highest BCUT2D eigenvalue weighted by Crippen LogP contribution is 2.31. The molecule has 0 aliphatic heterocycles. The summed E-state index contributed by atoms with van der Waals surface area (Å²) in [6.07, 6.45) is 0. The molecule has 0 aliphatic rings. The van der Waals surface area contributed by atoms with Crippen molar-refractivity contribution in [1.82, 2.24) is 14.8 Å². The van der Waals surface area contributed by atoms with Crippen molar-refractivity contribution >= 4 is 17.4 Å². The van der Waals surface area contributed by atoms with Gasteiger partial charge in [-0.05, 0) is 50.2 Å². The zero-order chi connectivity index (χ0) is 13.3. The first kappa shape index (κ1) is 12.8. The normalized spacial score (nSPS) is 11.1. The summed E-state index contributed by atoms with van der Waals surface area (Å²) in [4.78, 5) is 12.5. The predicted molar refractivity (Wildman–Crippen MR) is 72.9 cm³/mol. The minimum absolute atomic E-state index is 0.0600. The Morgan fingerprint density at radius 3 is 2.83 bits per heavy atom. The van der Waals surface area contributed by atoms with Gasteiger partial charge in [0.25, 0.3) is 0 Å². The van der Waals surface area contributed by atoms with Crippen LogP contribution in [0, 0.1) is 6.92 Å². The van der Waals surface area contributed by atoms with E-state index in [1.165, 1.54) is 11.8 Å². The first-order valence-electron chi connectivity index (χ1n) is 5.70. The molecule has 18 heavy (non-hydrogen) atoms. The number of nitrogens with one attached hydrogen (secondary N) is 1. The van der Waals surface area contributed by atoms with Crippen LogP contribution in [0.15, 0.2) is 33.0 Å². The van der Waals surface area contributed by atoms with Gasteiger partial charge in [0.2, 0.25) is 0 Å². The summed E-state index contributed by atoms with van der Waals surface area (Å²) in [7, 11) is 0. The number of hydrogen-bond acceptors (Lipinski definition) is 4. The summed E-state index contributed by atoms with van der Waals surface area (Å²) in [5.74, 6) is 0. The van der Waals surface area contributed by atoms with Gasteiger partial charge in [-0.3, -0.25) is 4.57 Å². The third-order valence-corrected chi connectivity index (χ3v) is 3.60. The quantitative estimate of drug-likeness (QED) is 0.833. The molecule has 0 aliphatic carbocycles. The maximum atomic E-state index is 11.6. The van der Waals surface area contributed by atoms with Crippen molar-refractivity contribution < 1.29 is 0 Å². The number of aromatic nitrogens is 3. The van der Waals surface area contributed by atoms with Crippen molar-refractivity contribution in [2.75, 3.05) is 5.73 Å². The highest BCUT2D eigenvalue weighted by molar-refractivity contribution is 7.99. The number of benzene rings is 1. The third-order valence-electron chi connectivity index (χ3n) is 2.56. The predicted octanol–water partition coefficient (Wildman–Crippen LogP) is 2.19. The Hall–Kier alpha value is -1.69. The number of nitrogens with two attached hydrogens (primary N) is 1. The molecular weight excluding hydrogens is 248 g/mol. The van der Waals surface area contributed by atoms with Crippen LogP contribution in [-0.2, 0) is 0 Å². The number of H-pyrrole nitrogens is 1. The molecule has 96 valence electrons. The number of nitrogen functional groups attached to an aromatic ring is 1. The molecule has 0 saturated heterocycles. The number of rotatable bonds is 3. The summed E-state index contributed by atoms with van der Waals surface area (Å²) in [5.41, 5.74) is 7.55. The molecule has 0 bridgehead atoms. The Bertz CT molecular complexity index is 615. The van der Waals surface area contributed by atoms with E-state index < -0.39 is 0 Å². The fourth-order valence-corrected chi connectivity index (χ4v) is 2.76. The summed E-state index contributed by atoms with van der Waals surface area (Å²) in [6, 6.07) is 5.87. The average Bonchev–Trinajstić information content (AvgIpc) is 2.65. The lowest BCUT2D eigenvalue weighted by molar-refractivity contribution is 0.534. The number of anilines is 1. The molecule has 3 N–H and O–H groups in total. The third kappa shape index (κ3) is 2.43. The molecule has 0 saturated carbocycles. The van der Waals surface area contributed by atoms with Crippen LogP contribution in [0.1, 0.15) is 25.5 Å². The van der Waals surface area contributed by atoms with Crippen molar-refractivity contribution in [3.63, 3.8) is 0 Å². The van der Waals surface area contributed by atoms with Crippen molar-refractivity contribution in [1.29, 1.82) is 0 Å². The number of aryl methyl sites for hydroxylation is 1. The van der Waals surface area contributed by atoms with E-state index in [2.05, 4.69) is 10.2 Å². The topological polar surface area (TPSA) is 76.7 Å². The summed E-state index contributed by atoms with van der Waals surface area (Å²) >= 11 is 1.40. The first-order valence-corrected chi connectivity index (χ1v) is 6.51. The minimum Gasteiger partial charge on any atom is -0.398 e. The van der Waals surface area contributed by atoms with Gasteiger partial charge in [0, 0.05) is 16.6 Å². The molecule has 6 heteroatoms. The minimum atomic E-state index is -0.196. The smallest absolute Gasteiger partial charge is 0.344 e. The molecule has 0 radical (unpaired) electrons. The molecule has 2 rings (SSSR count). The Balaban J connectivity index is 2.40. The molecule has 0 fully saturated rings. The SMILES string of the molecule is Cc1ccc(N)c(Sc2n[nH]c(=O)n2C(C)C)c1. The van der Waals surface area contributed by atoms with Crippen molar-refractivity contribution in [3.8, 4) is 0 Å². The van der Waals surface area contributed by atoms with Gasteiger partial charge in [-0.2, -0.15) is 0 Å². The number of aromatic amines is 1. The van der Waals surface area contributed by atoms with E-state index in [-0.39, 0.29) is 11.7 Å². The summed E-state index contributed by atoms with van der Waals surface area (Å²) in [6.45, 7) is 5.89. The Labute approximate surface area is 109 Å². The van der Waals surface area contributed by atoms with Crippen LogP contribution < -0.4 is 11.4 Å². The molecule has 0 atom stereocenters. The molecular formula is C12H16N4OS. The fraction of sp³-hybridized carbons (Fsp3) is 0.333. The van der Waals surface area contributed by atoms with E-state index >= 15 is 0 Å². The Kier molecular flexibility index (Phi) is 3.47. The van der Waals surface area contributed by atoms with Crippen LogP contribution in [0.2, 0.25) is 0 Å². The van der Waals surface area contributed by atoms with Crippen LogP contribution in [-0.4, -0.2) is 14.8 Å². The lowest BCUT2D eigenvalue weighted by atomic mass is 10.2. The van der Waals surface area contributed by atoms with Gasteiger partial charge in [-0.25, -0.2) is 9.89 Å². The summed E-state index contributed by atoms with van der Waals surface area (Å²) < 4.78 is 1.62. The van der Waals surface area contributed by atoms with Crippen molar-refractivity contribution in [3.05, 3.63) is 34.2 Å². The van der Waals surface area contributed by atoms with Crippen LogP contribution in [0.3, 0.4) is 0 Å². The second-order valence-corrected chi connectivity index (χ2v) is 5.43. The average molecular weight is 264 g/mol. The monoisotopic (exact) mass is 264 g/mol. The van der Waals surface area contributed by atoms with E-state index in [0.717, 1.165) is 10.5 Å². The molecule has 0 amide bonds. The van der Waals surface area contributed by atoms with Crippen LogP contribution in [0.5, 0.6) is 0 Å². The van der Waals surface area contributed by atoms with Crippen LogP contribution >= 0.6 is 11.8 Å². The van der Waals surface area contributed by atoms with Gasteiger partial charge in [0.15, 0.2) is 5.16 Å². The van der Waals surface area contributed by atoms with Gasteiger partial charge < -0.3 is 5.73 Å². The first-order chi connectivity index (χ1) is 8.49. The molecule has 1 aromatic carbocycles. The highest BCUT2D eigenvalue weighted by Gasteiger charge is 2.13. The molecule has 0 unspecified atom stereocenters. The zero-order valence-corrected chi connectivity index (χ0v) is 11.4. The number of nitrogens with zero attached hydrogens (tertiary/aromatic N) is 2. The standard InChI is InChI=1S/C12H16N4OS/c1-7(2)16-11(17)14-15-12(16)18-10-6-8(3)4-5-9(10)13/h4-7H,13H2,1-3H3,(H,14,17). The fourth-order valence-electron chi connectivity index (χ4n) is 1.65. The lowest BCUT2D eigenvalue weighted by Crippen LogP contribution is -2.19. The van der Waals surface area contributed by atoms with Gasteiger partial charge in [0.05, 0.1) is 0 Å². The van der Waals surface area contributed by atoms with E-state index in [4.69, 9.17) is 5.73 Å². The molecule has 2 aromatic rings. The largest absolute Gasteiger partial charge is 0.398 e. The molecule has 0 spiro atoms.